The number of rotatable bonds is 6. The van der Waals surface area contributed by atoms with E-state index in [1.54, 1.807) is 24.4 Å². The second kappa shape index (κ2) is 9.54. The topological polar surface area (TPSA) is 107 Å². The maximum atomic E-state index is 13.4. The van der Waals surface area contributed by atoms with E-state index in [1.165, 1.54) is 6.07 Å². The lowest BCUT2D eigenvalue weighted by atomic mass is 9.93. The second-order valence-corrected chi connectivity index (χ2v) is 7.99. The lowest BCUT2D eigenvalue weighted by Crippen LogP contribution is -2.29. The van der Waals surface area contributed by atoms with Crippen molar-refractivity contribution in [1.29, 1.82) is 0 Å². The maximum absolute atomic E-state index is 13.4. The molecule has 168 valence electrons. The van der Waals surface area contributed by atoms with Crippen LogP contribution in [0.25, 0.3) is 10.9 Å². The van der Waals surface area contributed by atoms with Crippen molar-refractivity contribution in [3.63, 3.8) is 0 Å². The number of nitrogens with one attached hydrogen (secondary N) is 2. The monoisotopic (exact) mass is 442 g/mol. The smallest absolute Gasteiger partial charge is 0.253 e. The molecule has 32 heavy (non-hydrogen) atoms. The molecule has 2 aromatic carbocycles. The third-order valence-electron chi connectivity index (χ3n) is 5.67. The first kappa shape index (κ1) is 22.0. The summed E-state index contributed by atoms with van der Waals surface area (Å²) >= 11 is 0. The first-order valence-electron chi connectivity index (χ1n) is 10.5. The minimum absolute atomic E-state index is 0.156. The van der Waals surface area contributed by atoms with Crippen molar-refractivity contribution >= 4 is 22.8 Å². The predicted octanol–water partition coefficient (Wildman–Crippen LogP) is 3.09. The maximum Gasteiger partial charge on any atom is 0.253 e. The molecule has 1 aliphatic rings. The van der Waals surface area contributed by atoms with Crippen LogP contribution in [0.5, 0.6) is 0 Å². The minimum atomic E-state index is -1.20. The van der Waals surface area contributed by atoms with Crippen LogP contribution in [-0.2, 0) is 0 Å². The van der Waals surface area contributed by atoms with Gasteiger partial charge in [-0.15, -0.1) is 0 Å². The number of amides is 1. The van der Waals surface area contributed by atoms with Crippen LogP contribution in [0.15, 0.2) is 42.6 Å². The number of nitrogens with zero attached hydrogens (tertiary/aromatic N) is 2. The van der Waals surface area contributed by atoms with E-state index in [-0.39, 0.29) is 24.3 Å². The molecule has 7 nitrogen and oxygen atoms in total. The number of benzene rings is 2. The van der Waals surface area contributed by atoms with Crippen LogP contribution in [-0.4, -0.2) is 44.8 Å². The first-order chi connectivity index (χ1) is 15.4. The van der Waals surface area contributed by atoms with Gasteiger partial charge in [0.2, 0.25) is 5.95 Å². The number of hydrogen-bond acceptors (Lipinski definition) is 6. The SMILES string of the molecule is O=C(NCC(O)c1ccc(F)c(F)c1)c1cccc2cnc(N[C@H]3CC[C@H](O)CC3)nc12. The highest BCUT2D eigenvalue weighted by molar-refractivity contribution is 6.05. The van der Waals surface area contributed by atoms with Gasteiger partial charge in [-0.25, -0.2) is 18.7 Å². The van der Waals surface area contributed by atoms with Gasteiger partial charge in [0.15, 0.2) is 11.6 Å². The van der Waals surface area contributed by atoms with Gasteiger partial charge in [-0.1, -0.05) is 18.2 Å². The van der Waals surface area contributed by atoms with Crippen LogP contribution in [0.2, 0.25) is 0 Å². The summed E-state index contributed by atoms with van der Waals surface area (Å²) in [5.41, 5.74) is 0.929. The Labute approximate surface area is 183 Å². The van der Waals surface area contributed by atoms with Gasteiger partial charge in [-0.2, -0.15) is 0 Å². The van der Waals surface area contributed by atoms with Gasteiger partial charge >= 0.3 is 0 Å². The Hall–Kier alpha value is -3.17. The van der Waals surface area contributed by atoms with Gasteiger partial charge < -0.3 is 20.8 Å². The third-order valence-corrected chi connectivity index (χ3v) is 5.67. The highest BCUT2D eigenvalue weighted by atomic mass is 19.2. The Morgan fingerprint density at radius 1 is 1.12 bits per heavy atom. The van der Waals surface area contributed by atoms with Crippen molar-refractivity contribution in [2.45, 2.75) is 43.9 Å². The van der Waals surface area contributed by atoms with E-state index in [0.29, 0.717) is 22.4 Å². The highest BCUT2D eigenvalue weighted by Crippen LogP contribution is 2.23. The van der Waals surface area contributed by atoms with E-state index >= 15 is 0 Å². The third kappa shape index (κ3) is 5.00. The van der Waals surface area contributed by atoms with E-state index < -0.39 is 23.6 Å². The molecule has 0 saturated heterocycles. The number of hydrogen-bond donors (Lipinski definition) is 4. The molecular weight excluding hydrogens is 418 g/mol. The summed E-state index contributed by atoms with van der Waals surface area (Å²) in [4.78, 5) is 21.6. The summed E-state index contributed by atoms with van der Waals surface area (Å²) in [6.45, 7) is -0.180. The van der Waals surface area contributed by atoms with Crippen molar-refractivity contribution in [2.24, 2.45) is 0 Å². The van der Waals surface area contributed by atoms with E-state index in [1.807, 2.05) is 0 Å². The summed E-state index contributed by atoms with van der Waals surface area (Å²) in [5, 5.41) is 26.5. The van der Waals surface area contributed by atoms with Crippen molar-refractivity contribution in [2.75, 3.05) is 11.9 Å². The fourth-order valence-corrected chi connectivity index (χ4v) is 3.83. The zero-order chi connectivity index (χ0) is 22.7. The van der Waals surface area contributed by atoms with Crippen molar-refractivity contribution in [3.8, 4) is 0 Å². The molecule has 1 aromatic heterocycles. The fraction of sp³-hybridized carbons (Fsp3) is 0.348. The van der Waals surface area contributed by atoms with Gasteiger partial charge in [-0.05, 0) is 49.4 Å². The second-order valence-electron chi connectivity index (χ2n) is 7.99. The Kier molecular flexibility index (Phi) is 6.57. The van der Waals surface area contributed by atoms with Gasteiger partial charge in [-0.3, -0.25) is 4.79 Å². The summed E-state index contributed by atoms with van der Waals surface area (Å²) in [7, 11) is 0. The number of halogens is 2. The molecule has 3 aromatic rings. The molecule has 1 saturated carbocycles. The molecule has 1 heterocycles. The van der Waals surface area contributed by atoms with Crippen LogP contribution in [0.4, 0.5) is 14.7 Å². The van der Waals surface area contributed by atoms with Crippen molar-refractivity contribution in [1.82, 2.24) is 15.3 Å². The van der Waals surface area contributed by atoms with Crippen LogP contribution in [0.1, 0.15) is 47.7 Å². The van der Waals surface area contributed by atoms with Crippen molar-refractivity contribution in [3.05, 3.63) is 65.4 Å². The molecule has 0 spiro atoms. The van der Waals surface area contributed by atoms with E-state index in [4.69, 9.17) is 0 Å². The number of aromatic nitrogens is 2. The van der Waals surface area contributed by atoms with E-state index in [0.717, 1.165) is 37.8 Å². The first-order valence-corrected chi connectivity index (χ1v) is 10.5. The van der Waals surface area contributed by atoms with Crippen LogP contribution < -0.4 is 10.6 Å². The zero-order valence-electron chi connectivity index (χ0n) is 17.3. The lowest BCUT2D eigenvalue weighted by molar-refractivity contribution is 0.0917. The largest absolute Gasteiger partial charge is 0.393 e. The van der Waals surface area contributed by atoms with Crippen LogP contribution in [0.3, 0.4) is 0 Å². The Balaban J connectivity index is 1.47. The van der Waals surface area contributed by atoms with Crippen LogP contribution in [0, 0.1) is 11.6 Å². The molecule has 1 fully saturated rings. The molecule has 1 amide bonds. The average molecular weight is 442 g/mol. The normalized spacial score (nSPS) is 19.5. The lowest BCUT2D eigenvalue weighted by Gasteiger charge is -2.26. The molecular formula is C23H24F2N4O3. The number of fused-ring (bicyclic) bond motifs is 1. The zero-order valence-corrected chi connectivity index (χ0v) is 17.3. The number of aliphatic hydroxyl groups is 2. The number of carbonyl (C=O) groups is 1. The molecule has 1 aliphatic carbocycles. The Morgan fingerprint density at radius 2 is 1.91 bits per heavy atom. The minimum Gasteiger partial charge on any atom is -0.393 e. The molecule has 4 N–H and O–H groups in total. The van der Waals surface area contributed by atoms with Gasteiger partial charge in [0, 0.05) is 24.2 Å². The average Bonchev–Trinajstić information content (AvgIpc) is 2.80. The number of anilines is 1. The predicted molar refractivity (Wildman–Crippen MR) is 115 cm³/mol. The molecule has 0 radical (unpaired) electrons. The molecule has 0 bridgehead atoms. The summed E-state index contributed by atoms with van der Waals surface area (Å²) in [6, 6.07) is 8.38. The molecule has 0 aliphatic heterocycles. The summed E-state index contributed by atoms with van der Waals surface area (Å²) < 4.78 is 26.5. The standard InChI is InChI=1S/C23H24F2N4O3/c24-18-9-4-13(10-19(18)25)20(31)12-26-22(32)17-3-1-2-14-11-27-23(29-21(14)17)28-15-5-7-16(30)8-6-15/h1-4,9-11,15-16,20,30-31H,5-8,12H2,(H,26,32)(H,27,28,29)/t15-,16-,20?. The van der Waals surface area contributed by atoms with Gasteiger partial charge in [0.1, 0.15) is 0 Å². The van der Waals surface area contributed by atoms with Crippen molar-refractivity contribution < 1.29 is 23.8 Å². The molecule has 1 unspecified atom stereocenters. The van der Waals surface area contributed by atoms with E-state index in [9.17, 15) is 23.8 Å². The molecule has 1 atom stereocenters. The van der Waals surface area contributed by atoms with Gasteiger partial charge in [0.25, 0.3) is 5.91 Å². The Bertz CT molecular complexity index is 1120. The Morgan fingerprint density at radius 3 is 2.66 bits per heavy atom. The highest BCUT2D eigenvalue weighted by Gasteiger charge is 2.21. The van der Waals surface area contributed by atoms with E-state index in [2.05, 4.69) is 20.6 Å². The van der Waals surface area contributed by atoms with Gasteiger partial charge in [0.05, 0.1) is 23.3 Å². The summed E-state index contributed by atoms with van der Waals surface area (Å²) in [6.07, 6.45) is 3.24. The number of aliphatic hydroxyl groups excluding tert-OH is 2. The van der Waals surface area contributed by atoms with Crippen LogP contribution >= 0.6 is 0 Å². The molecule has 9 heteroatoms. The fourth-order valence-electron chi connectivity index (χ4n) is 3.83. The number of carbonyl (C=O) groups excluding carboxylic acids is 1. The quantitative estimate of drug-likeness (QED) is 0.467. The number of para-hydroxylation sites is 1. The molecule has 4 rings (SSSR count). The summed E-state index contributed by atoms with van der Waals surface area (Å²) in [5.74, 6) is -2.12.